The van der Waals surface area contributed by atoms with Crippen LogP contribution >= 0.6 is 0 Å². The standard InChI is InChI=1S/C15H20N2O2/c18-15(17-10-13-6-3-7-19-13)14-8-11-4-1-2-5-12(11)9-16-14/h1-2,4-5,13-14,16H,3,6-10H2,(H,17,18)/t13-,14+/m0/s1. The second-order valence-corrected chi connectivity index (χ2v) is 5.29. The van der Waals surface area contributed by atoms with Crippen molar-refractivity contribution in [3.8, 4) is 0 Å². The molecule has 102 valence electrons. The Bertz CT molecular complexity index is 455. The molecular formula is C15H20N2O2. The first-order valence-corrected chi connectivity index (χ1v) is 7.02. The highest BCUT2D eigenvalue weighted by atomic mass is 16.5. The fraction of sp³-hybridized carbons (Fsp3) is 0.533. The van der Waals surface area contributed by atoms with Gasteiger partial charge in [-0.25, -0.2) is 0 Å². The highest BCUT2D eigenvalue weighted by Crippen LogP contribution is 2.16. The first-order chi connectivity index (χ1) is 9.33. The van der Waals surface area contributed by atoms with Crippen LogP contribution in [0.1, 0.15) is 24.0 Å². The van der Waals surface area contributed by atoms with Gasteiger partial charge in [-0.05, 0) is 30.4 Å². The zero-order chi connectivity index (χ0) is 13.1. The van der Waals surface area contributed by atoms with Gasteiger partial charge >= 0.3 is 0 Å². The van der Waals surface area contributed by atoms with E-state index in [2.05, 4.69) is 22.8 Å². The summed E-state index contributed by atoms with van der Waals surface area (Å²) in [4.78, 5) is 12.1. The van der Waals surface area contributed by atoms with Crippen molar-refractivity contribution in [3.05, 3.63) is 35.4 Å². The second-order valence-electron chi connectivity index (χ2n) is 5.29. The van der Waals surface area contributed by atoms with Gasteiger partial charge in [0.15, 0.2) is 0 Å². The third-order valence-electron chi connectivity index (χ3n) is 3.93. The van der Waals surface area contributed by atoms with Gasteiger partial charge in [0.05, 0.1) is 12.1 Å². The largest absolute Gasteiger partial charge is 0.376 e. The lowest BCUT2D eigenvalue weighted by atomic mass is 9.95. The zero-order valence-electron chi connectivity index (χ0n) is 11.0. The topological polar surface area (TPSA) is 50.4 Å². The molecule has 0 aromatic heterocycles. The SMILES string of the molecule is O=C(NC[C@@H]1CCCO1)[C@H]1Cc2ccccc2CN1. The maximum atomic E-state index is 12.1. The van der Waals surface area contributed by atoms with E-state index in [9.17, 15) is 4.79 Å². The summed E-state index contributed by atoms with van der Waals surface area (Å²) in [7, 11) is 0. The van der Waals surface area contributed by atoms with E-state index in [0.29, 0.717) is 6.54 Å². The van der Waals surface area contributed by atoms with Gasteiger partial charge in [-0.1, -0.05) is 24.3 Å². The number of benzene rings is 1. The Morgan fingerprint density at radius 2 is 2.21 bits per heavy atom. The predicted octanol–water partition coefficient (Wildman–Crippen LogP) is 0.996. The summed E-state index contributed by atoms with van der Waals surface area (Å²) >= 11 is 0. The van der Waals surface area contributed by atoms with Gasteiger partial charge in [0.25, 0.3) is 0 Å². The molecule has 19 heavy (non-hydrogen) atoms. The van der Waals surface area contributed by atoms with E-state index >= 15 is 0 Å². The van der Waals surface area contributed by atoms with Crippen LogP contribution in [-0.2, 0) is 22.5 Å². The highest BCUT2D eigenvalue weighted by molar-refractivity contribution is 5.82. The fourth-order valence-electron chi connectivity index (χ4n) is 2.78. The van der Waals surface area contributed by atoms with Crippen molar-refractivity contribution in [3.63, 3.8) is 0 Å². The molecule has 2 N–H and O–H groups in total. The third-order valence-corrected chi connectivity index (χ3v) is 3.93. The summed E-state index contributed by atoms with van der Waals surface area (Å²) in [5, 5.41) is 6.30. The van der Waals surface area contributed by atoms with Gasteiger partial charge in [-0.15, -0.1) is 0 Å². The average molecular weight is 260 g/mol. The van der Waals surface area contributed by atoms with Crippen LogP contribution in [0.25, 0.3) is 0 Å². The molecule has 3 rings (SSSR count). The van der Waals surface area contributed by atoms with Crippen LogP contribution in [0.15, 0.2) is 24.3 Å². The predicted molar refractivity (Wildman–Crippen MR) is 72.8 cm³/mol. The lowest BCUT2D eigenvalue weighted by Crippen LogP contribution is -2.49. The molecule has 1 aromatic carbocycles. The summed E-state index contributed by atoms with van der Waals surface area (Å²) in [6.07, 6.45) is 3.14. The molecule has 1 fully saturated rings. The summed E-state index contributed by atoms with van der Waals surface area (Å²) in [5.41, 5.74) is 2.57. The molecule has 0 radical (unpaired) electrons. The molecule has 4 heteroatoms. The number of rotatable bonds is 3. The molecule has 0 saturated carbocycles. The van der Waals surface area contributed by atoms with Crippen molar-refractivity contribution < 1.29 is 9.53 Å². The Balaban J connectivity index is 1.54. The Labute approximate surface area is 113 Å². The summed E-state index contributed by atoms with van der Waals surface area (Å²) in [6.45, 7) is 2.24. The smallest absolute Gasteiger partial charge is 0.237 e. The Morgan fingerprint density at radius 3 is 3.00 bits per heavy atom. The molecule has 4 nitrogen and oxygen atoms in total. The summed E-state index contributed by atoms with van der Waals surface area (Å²) in [5.74, 6) is 0.0880. The van der Waals surface area contributed by atoms with E-state index in [1.807, 2.05) is 12.1 Å². The van der Waals surface area contributed by atoms with Gasteiger partial charge in [-0.2, -0.15) is 0 Å². The van der Waals surface area contributed by atoms with Crippen LogP contribution in [0, 0.1) is 0 Å². The average Bonchev–Trinajstić information content (AvgIpc) is 2.97. The van der Waals surface area contributed by atoms with E-state index in [1.54, 1.807) is 0 Å². The monoisotopic (exact) mass is 260 g/mol. The number of carbonyl (C=O) groups is 1. The number of ether oxygens (including phenoxy) is 1. The molecule has 2 aliphatic rings. The van der Waals surface area contributed by atoms with E-state index in [4.69, 9.17) is 4.74 Å². The van der Waals surface area contributed by atoms with Crippen LogP contribution in [0.3, 0.4) is 0 Å². The van der Waals surface area contributed by atoms with Crippen molar-refractivity contribution in [1.29, 1.82) is 0 Å². The van der Waals surface area contributed by atoms with E-state index in [0.717, 1.165) is 32.4 Å². The number of nitrogens with one attached hydrogen (secondary N) is 2. The quantitative estimate of drug-likeness (QED) is 0.852. The Hall–Kier alpha value is -1.39. The summed E-state index contributed by atoms with van der Waals surface area (Å²) < 4.78 is 5.51. The molecule has 2 atom stereocenters. The van der Waals surface area contributed by atoms with Crippen molar-refractivity contribution in [2.75, 3.05) is 13.2 Å². The minimum absolute atomic E-state index is 0.0880. The molecular weight excluding hydrogens is 240 g/mol. The van der Waals surface area contributed by atoms with Gasteiger partial charge in [-0.3, -0.25) is 4.79 Å². The molecule has 1 saturated heterocycles. The van der Waals surface area contributed by atoms with Crippen LogP contribution in [0.5, 0.6) is 0 Å². The lowest BCUT2D eigenvalue weighted by molar-refractivity contribution is -0.123. The molecule has 0 aliphatic carbocycles. The highest BCUT2D eigenvalue weighted by Gasteiger charge is 2.24. The molecule has 0 bridgehead atoms. The Kier molecular flexibility index (Phi) is 3.80. The minimum Gasteiger partial charge on any atom is -0.376 e. The van der Waals surface area contributed by atoms with Crippen LogP contribution in [-0.4, -0.2) is 31.2 Å². The van der Waals surface area contributed by atoms with Gasteiger partial charge in [0.2, 0.25) is 5.91 Å². The van der Waals surface area contributed by atoms with Crippen LogP contribution in [0.2, 0.25) is 0 Å². The maximum Gasteiger partial charge on any atom is 0.237 e. The molecule has 2 heterocycles. The van der Waals surface area contributed by atoms with Gasteiger partial charge in [0.1, 0.15) is 0 Å². The zero-order valence-corrected chi connectivity index (χ0v) is 11.0. The van der Waals surface area contributed by atoms with E-state index < -0.39 is 0 Å². The summed E-state index contributed by atoms with van der Waals surface area (Å²) in [6, 6.07) is 8.18. The number of fused-ring (bicyclic) bond motifs is 1. The van der Waals surface area contributed by atoms with Gasteiger partial charge < -0.3 is 15.4 Å². The van der Waals surface area contributed by atoms with Gasteiger partial charge in [0, 0.05) is 19.7 Å². The first-order valence-electron chi connectivity index (χ1n) is 7.02. The van der Waals surface area contributed by atoms with Crippen molar-refractivity contribution in [1.82, 2.24) is 10.6 Å². The molecule has 1 aromatic rings. The fourth-order valence-corrected chi connectivity index (χ4v) is 2.78. The molecule has 0 spiro atoms. The Morgan fingerprint density at radius 1 is 1.37 bits per heavy atom. The number of carbonyl (C=O) groups excluding carboxylic acids is 1. The van der Waals surface area contributed by atoms with Crippen molar-refractivity contribution in [2.45, 2.75) is 38.0 Å². The maximum absolute atomic E-state index is 12.1. The molecule has 1 amide bonds. The third kappa shape index (κ3) is 2.96. The normalized spacial score (nSPS) is 25.9. The van der Waals surface area contributed by atoms with E-state index in [-0.39, 0.29) is 18.1 Å². The first kappa shape index (κ1) is 12.6. The number of hydrogen-bond donors (Lipinski definition) is 2. The minimum atomic E-state index is -0.115. The molecule has 0 unspecified atom stereocenters. The van der Waals surface area contributed by atoms with Crippen LogP contribution in [0.4, 0.5) is 0 Å². The number of amides is 1. The number of hydrogen-bond acceptors (Lipinski definition) is 3. The van der Waals surface area contributed by atoms with Crippen LogP contribution < -0.4 is 10.6 Å². The van der Waals surface area contributed by atoms with Crippen molar-refractivity contribution >= 4 is 5.91 Å². The second kappa shape index (κ2) is 5.72. The lowest BCUT2D eigenvalue weighted by Gasteiger charge is -2.25. The van der Waals surface area contributed by atoms with E-state index in [1.165, 1.54) is 11.1 Å². The van der Waals surface area contributed by atoms with Crippen molar-refractivity contribution in [2.24, 2.45) is 0 Å². The molecule has 2 aliphatic heterocycles.